The van der Waals surface area contributed by atoms with E-state index in [-0.39, 0.29) is 132 Å². The van der Waals surface area contributed by atoms with Gasteiger partial charge in [0.15, 0.2) is 12.2 Å². The second kappa shape index (κ2) is 35.7. The van der Waals surface area contributed by atoms with Gasteiger partial charge in [-0.1, -0.05) is 90.0 Å². The molecule has 16 atom stereocenters. The Balaban J connectivity index is 0.000000144. The number of ether oxygens (including phenoxy) is 10. The van der Waals surface area contributed by atoms with Crippen LogP contribution in [0.5, 0.6) is 0 Å². The summed E-state index contributed by atoms with van der Waals surface area (Å²) in [6.07, 6.45) is 29.6. The van der Waals surface area contributed by atoms with Crippen LogP contribution in [0.4, 0.5) is 0 Å². The monoisotopic (exact) mass is 1780 g/mol. The van der Waals surface area contributed by atoms with Crippen molar-refractivity contribution < 1.29 is 101 Å². The van der Waals surface area contributed by atoms with Gasteiger partial charge in [0.2, 0.25) is 6.10 Å². The summed E-state index contributed by atoms with van der Waals surface area (Å²) in [5.41, 5.74) is -4.72. The highest BCUT2D eigenvalue weighted by Gasteiger charge is 2.72. The minimum absolute atomic E-state index is 0.0185. The number of esters is 9. The van der Waals surface area contributed by atoms with Gasteiger partial charge >= 0.3 is 53.7 Å². The Bertz CT molecular complexity index is 3830. The van der Waals surface area contributed by atoms with E-state index < -0.39 is 57.1 Å². The van der Waals surface area contributed by atoms with E-state index in [1.165, 1.54) is 70.6 Å². The van der Waals surface area contributed by atoms with E-state index in [1.807, 2.05) is 111 Å². The van der Waals surface area contributed by atoms with E-state index in [1.54, 1.807) is 13.8 Å². The number of cyclic esters (lactones) is 1. The molecule has 0 spiro atoms. The van der Waals surface area contributed by atoms with Crippen molar-refractivity contribution in [2.45, 2.75) is 483 Å². The van der Waals surface area contributed by atoms with Crippen LogP contribution in [0.15, 0.2) is 0 Å². The van der Waals surface area contributed by atoms with Gasteiger partial charge < -0.3 is 57.6 Å². The lowest BCUT2D eigenvalue weighted by atomic mass is 9.50. The van der Waals surface area contributed by atoms with Gasteiger partial charge in [0, 0.05) is 30.1 Å². The molecule has 0 amide bonds. The van der Waals surface area contributed by atoms with Crippen molar-refractivity contribution in [2.75, 3.05) is 6.61 Å². The summed E-state index contributed by atoms with van der Waals surface area (Å²) in [6.45, 7) is 62.1. The Morgan fingerprint density at radius 2 is 0.685 bits per heavy atom. The first-order chi connectivity index (χ1) is 58.3. The Kier molecular flexibility index (Phi) is 28.9. The molecule has 2 N–H and O–H groups in total. The first-order valence-corrected chi connectivity index (χ1v) is 50.3. The molecule has 4 saturated heterocycles. The molecule has 16 saturated carbocycles. The Morgan fingerprint density at radius 3 is 0.992 bits per heavy atom. The van der Waals surface area contributed by atoms with Crippen LogP contribution >= 0.6 is 0 Å². The van der Waals surface area contributed by atoms with E-state index in [4.69, 9.17) is 47.4 Å². The van der Waals surface area contributed by atoms with Gasteiger partial charge in [-0.3, -0.25) is 38.4 Å². The molecule has 127 heavy (non-hydrogen) atoms. The number of hydrogen-bond donors (Lipinski definition) is 2. The van der Waals surface area contributed by atoms with Gasteiger partial charge in [-0.25, -0.2) is 4.79 Å². The zero-order valence-electron chi connectivity index (χ0n) is 84.7. The molecular formula is C106H174O21. The van der Waals surface area contributed by atoms with Crippen molar-refractivity contribution in [1.29, 1.82) is 0 Å². The molecule has 0 aromatic heterocycles. The molecular weight excluding hydrogens is 1610 g/mol. The van der Waals surface area contributed by atoms with E-state index >= 15 is 0 Å². The summed E-state index contributed by atoms with van der Waals surface area (Å²) in [6, 6.07) is 0. The van der Waals surface area contributed by atoms with Crippen molar-refractivity contribution in [3.8, 4) is 0 Å². The average Bonchev–Trinajstić information content (AvgIpc) is 1.52. The van der Waals surface area contributed by atoms with Gasteiger partial charge in [0.05, 0.1) is 67.7 Å². The van der Waals surface area contributed by atoms with Crippen molar-refractivity contribution in [1.82, 2.24) is 0 Å². The van der Waals surface area contributed by atoms with Crippen LogP contribution in [0.1, 0.15) is 413 Å². The lowest BCUT2D eigenvalue weighted by molar-refractivity contribution is -0.226. The van der Waals surface area contributed by atoms with Gasteiger partial charge in [0.25, 0.3) is 0 Å². The number of hydrogen-bond acceptors (Lipinski definition) is 21. The molecule has 0 aromatic rings. The molecule has 20 fully saturated rings. The molecule has 21 nitrogen and oxygen atoms in total. The van der Waals surface area contributed by atoms with E-state index in [0.29, 0.717) is 92.5 Å². The molecule has 21 heteroatoms. The molecule has 4 heterocycles. The van der Waals surface area contributed by atoms with Gasteiger partial charge in [-0.05, 0) is 374 Å². The highest BCUT2D eigenvalue weighted by Crippen LogP contribution is 2.73. The summed E-state index contributed by atoms with van der Waals surface area (Å²) in [4.78, 5) is 108. The maximum Gasteiger partial charge on any atom is 0.347 e. The summed E-state index contributed by atoms with van der Waals surface area (Å²) in [5, 5.41) is 21.3. The van der Waals surface area contributed by atoms with Crippen molar-refractivity contribution in [3.63, 3.8) is 0 Å². The fourth-order valence-electron chi connectivity index (χ4n) is 26.5. The fourth-order valence-corrected chi connectivity index (χ4v) is 26.5. The standard InChI is InChI=1S/C17H28O2.2C17H30O2.2C16H26O3.C13H18O5.C10H16O4/c1-5-16(2,3)15(18)19-17(4)13-7-11-6-12(9-13)10-14(17)8-11;2*1-8-14(2,3)13(18)19-17(7)11-12-9-10-16(17,6)15(12,4)5;2*1-4-14(2,3)13(17)19-16-8-11-5-12(9-16)7-15(18,6-11)10-16;1-4-13(2,3)12(15)18-9-7-5-6-8(16-7)10(9)17-11(6)14;1-4-10(2,3)9(12)14-7-5-6-13-8(7)11/h11-14H,5-10H2,1-4H3;2*12H,8-11H2,1-7H3;2*11-12,18H,4-10H2,1-3H3;6-10H,4-5H2,1-3H3;7H,4-6H2,1-3H3. The lowest BCUT2D eigenvalue weighted by Crippen LogP contribution is -2.61. The molecule has 0 aromatic carbocycles. The molecule has 4 aliphatic heterocycles. The second-order valence-electron chi connectivity index (χ2n) is 50.9. The van der Waals surface area contributed by atoms with Crippen molar-refractivity contribution in [3.05, 3.63) is 0 Å². The predicted octanol–water partition coefficient (Wildman–Crippen LogP) is 21.7. The van der Waals surface area contributed by atoms with Crippen molar-refractivity contribution >= 4 is 53.7 Å². The molecule has 16 aliphatic carbocycles. The molecule has 18 bridgehead atoms. The molecule has 16 unspecified atom stereocenters. The normalized spacial score (nSPS) is 40.3. The zero-order valence-corrected chi connectivity index (χ0v) is 84.7. The minimum atomic E-state index is -0.687. The molecule has 20 rings (SSSR count). The van der Waals surface area contributed by atoms with E-state index in [0.717, 1.165) is 108 Å². The summed E-state index contributed by atoms with van der Waals surface area (Å²) >= 11 is 0. The highest BCUT2D eigenvalue weighted by molar-refractivity contribution is 5.83. The quantitative estimate of drug-likeness (QED) is 0.0797. The Hall–Kier alpha value is -4.89. The zero-order chi connectivity index (χ0) is 94.8. The van der Waals surface area contributed by atoms with Crippen molar-refractivity contribution in [2.24, 2.45) is 125 Å². The maximum atomic E-state index is 12.5. The van der Waals surface area contributed by atoms with E-state index in [2.05, 4.69) is 83.1 Å². The summed E-state index contributed by atoms with van der Waals surface area (Å²) in [5.74, 6) is 5.17. The minimum Gasteiger partial charge on any atom is -0.463 e. The third-order valence-corrected chi connectivity index (χ3v) is 39.0. The maximum absolute atomic E-state index is 12.5. The number of carbonyl (C=O) groups excluding carboxylic acids is 9. The van der Waals surface area contributed by atoms with E-state index in [9.17, 15) is 53.4 Å². The van der Waals surface area contributed by atoms with Crippen LogP contribution in [-0.4, -0.2) is 140 Å². The largest absolute Gasteiger partial charge is 0.463 e. The third-order valence-electron chi connectivity index (χ3n) is 39.0. The summed E-state index contributed by atoms with van der Waals surface area (Å²) < 4.78 is 56.5. The fraction of sp³-hybridized carbons (Fsp3) is 0.915. The smallest absolute Gasteiger partial charge is 0.347 e. The van der Waals surface area contributed by atoms with Crippen LogP contribution in [0, 0.1) is 125 Å². The molecule has 0 radical (unpaired) electrons. The molecule has 20 aliphatic rings. The van der Waals surface area contributed by atoms with Gasteiger partial charge in [-0.15, -0.1) is 0 Å². The summed E-state index contributed by atoms with van der Waals surface area (Å²) in [7, 11) is 0. The SMILES string of the molecule is CCC(C)(C)C(=O)OC1(C)C2CC3CC(C2)CC1C3.CCC(C)(C)C(=O)OC1(C)CC2CCC1(C)C2(C)C.CCC(C)(C)C(=O)OC1(C)CC2CCC1(C)C2(C)C.CCC(C)(C)C(=O)OC12CC3CC(CC(O)(C3)C1)C2.CCC(C)(C)C(=O)OC12CC3CC(CC(O)(C3)C1)C2.CCC(C)(C)C(=O)OC1C2CC3C(=O)OC1C3O2.CCC(C)(C)C(=O)OC1CCOC1=O. The predicted molar refractivity (Wildman–Crippen MR) is 486 cm³/mol. The molecule has 724 valence electrons. The third kappa shape index (κ3) is 19.7. The number of aliphatic hydroxyl groups is 2. The number of carbonyl (C=O) groups is 9. The van der Waals surface area contributed by atoms with Crippen LogP contribution in [0.2, 0.25) is 0 Å². The first-order valence-electron chi connectivity index (χ1n) is 50.3. The topological polar surface area (TPSA) is 286 Å². The van der Waals surface area contributed by atoms with Crippen LogP contribution in [0.3, 0.4) is 0 Å². The van der Waals surface area contributed by atoms with Crippen LogP contribution in [0.25, 0.3) is 0 Å². The number of rotatable bonds is 21. The van der Waals surface area contributed by atoms with Gasteiger partial charge in [-0.2, -0.15) is 0 Å². The van der Waals surface area contributed by atoms with Crippen LogP contribution < -0.4 is 0 Å². The Labute approximate surface area is 764 Å². The van der Waals surface area contributed by atoms with Crippen LogP contribution in [-0.2, 0) is 90.5 Å². The first kappa shape index (κ1) is 103. The highest BCUT2D eigenvalue weighted by atomic mass is 16.7. The average molecular weight is 1780 g/mol. The lowest BCUT2D eigenvalue weighted by Gasteiger charge is -2.59. The van der Waals surface area contributed by atoms with Gasteiger partial charge in [0.1, 0.15) is 34.1 Å². The number of fused-ring (bicyclic) bond motifs is 5. The second-order valence-corrected chi connectivity index (χ2v) is 50.9. The Morgan fingerprint density at radius 1 is 0.362 bits per heavy atom.